The minimum atomic E-state index is -3.69. The highest BCUT2D eigenvalue weighted by Gasteiger charge is 2.22. The molecule has 0 saturated heterocycles. The maximum absolute atomic E-state index is 12.7. The van der Waals surface area contributed by atoms with Crippen LogP contribution in [0.15, 0.2) is 66.2 Å². The van der Waals surface area contributed by atoms with Crippen molar-refractivity contribution in [1.29, 1.82) is 0 Å². The number of hydrogen-bond acceptors (Lipinski definition) is 3. The van der Waals surface area contributed by atoms with Crippen LogP contribution in [0.2, 0.25) is 0 Å². The second-order valence-electron chi connectivity index (χ2n) is 4.50. The van der Waals surface area contributed by atoms with Crippen molar-refractivity contribution in [3.8, 4) is 5.75 Å². The molecule has 2 aromatic rings. The fourth-order valence-electron chi connectivity index (χ4n) is 1.91. The van der Waals surface area contributed by atoms with Crippen LogP contribution in [-0.2, 0) is 10.0 Å². The van der Waals surface area contributed by atoms with Gasteiger partial charge in [-0.3, -0.25) is 0 Å². The van der Waals surface area contributed by atoms with Crippen molar-refractivity contribution in [2.75, 3.05) is 11.4 Å². The molecule has 0 unspecified atom stereocenters. The smallest absolute Gasteiger partial charge is 0.268 e. The van der Waals surface area contributed by atoms with Crippen LogP contribution in [0, 0.1) is 6.92 Å². The van der Waals surface area contributed by atoms with E-state index in [1.807, 2.05) is 6.92 Å². The van der Waals surface area contributed by atoms with Crippen molar-refractivity contribution in [2.45, 2.75) is 11.8 Å². The third kappa shape index (κ3) is 3.08. The van der Waals surface area contributed by atoms with E-state index in [1.165, 1.54) is 13.3 Å². The van der Waals surface area contributed by atoms with Gasteiger partial charge in [0.05, 0.1) is 17.7 Å². The Morgan fingerprint density at radius 2 is 1.81 bits per heavy atom. The molecule has 0 aliphatic carbocycles. The molecule has 21 heavy (non-hydrogen) atoms. The van der Waals surface area contributed by atoms with E-state index in [1.54, 1.807) is 48.5 Å². The molecule has 110 valence electrons. The van der Waals surface area contributed by atoms with Crippen LogP contribution < -0.4 is 9.04 Å². The molecule has 0 spiro atoms. The largest absolute Gasteiger partial charge is 0.497 e. The van der Waals surface area contributed by atoms with Crippen molar-refractivity contribution in [2.24, 2.45) is 0 Å². The maximum atomic E-state index is 12.7. The fraction of sp³-hybridized carbons (Fsp3) is 0.125. The van der Waals surface area contributed by atoms with E-state index < -0.39 is 10.0 Å². The second kappa shape index (κ2) is 6.01. The minimum absolute atomic E-state index is 0.218. The zero-order chi connectivity index (χ0) is 15.5. The molecule has 0 saturated carbocycles. The van der Waals surface area contributed by atoms with Gasteiger partial charge in [-0.25, -0.2) is 12.7 Å². The zero-order valence-corrected chi connectivity index (χ0v) is 12.8. The van der Waals surface area contributed by atoms with E-state index in [0.717, 1.165) is 9.87 Å². The molecule has 2 aromatic carbocycles. The topological polar surface area (TPSA) is 46.6 Å². The summed E-state index contributed by atoms with van der Waals surface area (Å²) in [6, 6.07) is 13.5. The van der Waals surface area contributed by atoms with Crippen molar-refractivity contribution in [3.05, 3.63) is 66.9 Å². The molecule has 0 aliphatic heterocycles. The fourth-order valence-corrected chi connectivity index (χ4v) is 3.21. The summed E-state index contributed by atoms with van der Waals surface area (Å²) >= 11 is 0. The highest BCUT2D eigenvalue weighted by molar-refractivity contribution is 7.93. The summed E-state index contributed by atoms with van der Waals surface area (Å²) in [5.74, 6) is 0.582. The Morgan fingerprint density at radius 1 is 1.14 bits per heavy atom. The Kier molecular flexibility index (Phi) is 4.33. The SMILES string of the molecule is C=CN(c1cccc(OC)c1)S(=O)(=O)c1ccc(C)cc1. The highest BCUT2D eigenvalue weighted by Crippen LogP contribution is 2.27. The molecule has 0 atom stereocenters. The summed E-state index contributed by atoms with van der Waals surface area (Å²) in [7, 11) is -2.15. The van der Waals surface area contributed by atoms with Gasteiger partial charge in [0.15, 0.2) is 0 Å². The van der Waals surface area contributed by atoms with Crippen LogP contribution in [0.4, 0.5) is 5.69 Å². The molecule has 0 amide bonds. The third-order valence-electron chi connectivity index (χ3n) is 3.05. The summed E-state index contributed by atoms with van der Waals surface area (Å²) in [5, 5.41) is 0. The highest BCUT2D eigenvalue weighted by atomic mass is 32.2. The van der Waals surface area contributed by atoms with E-state index in [2.05, 4.69) is 6.58 Å². The quantitative estimate of drug-likeness (QED) is 0.851. The summed E-state index contributed by atoms with van der Waals surface area (Å²) in [6.07, 6.45) is 1.28. The van der Waals surface area contributed by atoms with Gasteiger partial charge in [0.1, 0.15) is 5.75 Å². The number of sulfonamides is 1. The van der Waals surface area contributed by atoms with Crippen molar-refractivity contribution >= 4 is 15.7 Å². The number of benzene rings is 2. The Labute approximate surface area is 125 Å². The number of ether oxygens (including phenoxy) is 1. The number of anilines is 1. The van der Waals surface area contributed by atoms with Gasteiger partial charge < -0.3 is 4.74 Å². The Bertz CT molecular complexity index is 736. The average Bonchev–Trinajstić information content (AvgIpc) is 2.48. The maximum Gasteiger partial charge on any atom is 0.268 e. The van der Waals surface area contributed by atoms with Crippen LogP contribution in [-0.4, -0.2) is 15.5 Å². The molecule has 5 heteroatoms. The van der Waals surface area contributed by atoms with Crippen LogP contribution in [0.3, 0.4) is 0 Å². The van der Waals surface area contributed by atoms with Gasteiger partial charge in [-0.05, 0) is 31.2 Å². The number of rotatable bonds is 5. The summed E-state index contributed by atoms with van der Waals surface area (Å²) in [5.41, 5.74) is 1.48. The average molecular weight is 303 g/mol. The van der Waals surface area contributed by atoms with Gasteiger partial charge in [-0.2, -0.15) is 0 Å². The van der Waals surface area contributed by atoms with Crippen LogP contribution in [0.25, 0.3) is 0 Å². The van der Waals surface area contributed by atoms with E-state index in [4.69, 9.17) is 4.74 Å². The normalized spacial score (nSPS) is 11.0. The van der Waals surface area contributed by atoms with Crippen molar-refractivity contribution in [1.82, 2.24) is 0 Å². The lowest BCUT2D eigenvalue weighted by molar-refractivity contribution is 0.415. The number of nitrogens with zero attached hydrogens (tertiary/aromatic N) is 1. The predicted molar refractivity (Wildman–Crippen MR) is 84.0 cm³/mol. The van der Waals surface area contributed by atoms with E-state index in [0.29, 0.717) is 11.4 Å². The minimum Gasteiger partial charge on any atom is -0.497 e. The lowest BCUT2D eigenvalue weighted by Crippen LogP contribution is -2.25. The number of methoxy groups -OCH3 is 1. The van der Waals surface area contributed by atoms with Crippen LogP contribution >= 0.6 is 0 Å². The molecule has 0 aliphatic rings. The van der Waals surface area contributed by atoms with E-state index >= 15 is 0 Å². The molecule has 0 heterocycles. The van der Waals surface area contributed by atoms with Gasteiger partial charge in [0, 0.05) is 12.3 Å². The molecule has 4 nitrogen and oxygen atoms in total. The van der Waals surface area contributed by atoms with Crippen LogP contribution in [0.5, 0.6) is 5.75 Å². The Hall–Kier alpha value is -2.27. The molecular weight excluding hydrogens is 286 g/mol. The first kappa shape index (κ1) is 15.1. The Balaban J connectivity index is 2.48. The van der Waals surface area contributed by atoms with E-state index in [9.17, 15) is 8.42 Å². The van der Waals surface area contributed by atoms with Gasteiger partial charge >= 0.3 is 0 Å². The number of hydrogen-bond donors (Lipinski definition) is 0. The molecule has 0 fully saturated rings. The second-order valence-corrected chi connectivity index (χ2v) is 6.31. The van der Waals surface area contributed by atoms with E-state index in [-0.39, 0.29) is 4.90 Å². The summed E-state index contributed by atoms with van der Waals surface area (Å²) in [4.78, 5) is 0.218. The Morgan fingerprint density at radius 3 is 2.38 bits per heavy atom. The van der Waals surface area contributed by atoms with Gasteiger partial charge in [0.2, 0.25) is 0 Å². The van der Waals surface area contributed by atoms with Gasteiger partial charge in [0.25, 0.3) is 10.0 Å². The standard InChI is InChI=1S/C16H17NO3S/c1-4-17(14-6-5-7-15(12-14)20-3)21(18,19)16-10-8-13(2)9-11-16/h4-12H,1H2,2-3H3. The molecule has 0 N–H and O–H groups in total. The number of aryl methyl sites for hydroxylation is 1. The molecule has 2 rings (SSSR count). The van der Waals surface area contributed by atoms with Crippen molar-refractivity contribution in [3.63, 3.8) is 0 Å². The van der Waals surface area contributed by atoms with Crippen molar-refractivity contribution < 1.29 is 13.2 Å². The monoisotopic (exact) mass is 303 g/mol. The summed E-state index contributed by atoms with van der Waals surface area (Å²) < 4.78 is 31.6. The molecular formula is C16H17NO3S. The molecule has 0 aromatic heterocycles. The molecule has 0 bridgehead atoms. The first-order chi connectivity index (χ1) is 9.98. The van der Waals surface area contributed by atoms with Gasteiger partial charge in [-0.1, -0.05) is 30.3 Å². The first-order valence-electron chi connectivity index (χ1n) is 6.37. The summed E-state index contributed by atoms with van der Waals surface area (Å²) in [6.45, 7) is 5.51. The van der Waals surface area contributed by atoms with Gasteiger partial charge in [-0.15, -0.1) is 0 Å². The molecule has 0 radical (unpaired) electrons. The lowest BCUT2D eigenvalue weighted by atomic mass is 10.2. The lowest BCUT2D eigenvalue weighted by Gasteiger charge is -2.20. The third-order valence-corrected chi connectivity index (χ3v) is 4.80. The zero-order valence-electron chi connectivity index (χ0n) is 12.0. The van der Waals surface area contributed by atoms with Crippen LogP contribution in [0.1, 0.15) is 5.56 Å². The predicted octanol–water partition coefficient (Wildman–Crippen LogP) is 3.34. The first-order valence-corrected chi connectivity index (χ1v) is 7.81.